The highest BCUT2D eigenvalue weighted by Crippen LogP contribution is 2.22. The summed E-state index contributed by atoms with van der Waals surface area (Å²) in [6.07, 6.45) is 6.94. The molecule has 0 spiro atoms. The number of hydrogen-bond donors (Lipinski definition) is 0. The first kappa shape index (κ1) is 18.9. The summed E-state index contributed by atoms with van der Waals surface area (Å²) in [7, 11) is 1.63. The molecule has 3 aromatic rings. The molecule has 0 unspecified atom stereocenters. The molecule has 2 heterocycles. The number of aromatic nitrogens is 2. The number of likely N-dealkylation sites (tertiary alicyclic amines) is 1. The third-order valence-electron chi connectivity index (χ3n) is 5.00. The number of amides is 1. The van der Waals surface area contributed by atoms with E-state index in [0.717, 1.165) is 42.8 Å². The Morgan fingerprint density at radius 1 is 1.07 bits per heavy atom. The van der Waals surface area contributed by atoms with Crippen LogP contribution >= 0.6 is 0 Å². The van der Waals surface area contributed by atoms with Gasteiger partial charge in [0.25, 0.3) is 11.8 Å². The van der Waals surface area contributed by atoms with Crippen LogP contribution in [0.4, 0.5) is 0 Å². The molecule has 0 atom stereocenters. The second-order valence-electron chi connectivity index (χ2n) is 6.97. The first-order valence-electron chi connectivity index (χ1n) is 9.79. The topological polar surface area (TPSA) is 68.5 Å². The summed E-state index contributed by atoms with van der Waals surface area (Å²) in [5.74, 6) is 1.68. The molecule has 2 aromatic carbocycles. The maximum absolute atomic E-state index is 12.7. The van der Waals surface area contributed by atoms with Crippen molar-refractivity contribution in [1.82, 2.24) is 15.0 Å². The summed E-state index contributed by atoms with van der Waals surface area (Å²) in [6.45, 7) is 1.65. The van der Waals surface area contributed by atoms with Gasteiger partial charge in [-0.2, -0.15) is 4.98 Å². The lowest BCUT2D eigenvalue weighted by atomic mass is 10.1. The molecule has 0 bridgehead atoms. The molecule has 0 radical (unpaired) electrons. The maximum Gasteiger partial charge on any atom is 0.253 e. The fraction of sp³-hybridized carbons (Fsp3) is 0.261. The van der Waals surface area contributed by atoms with Crippen molar-refractivity contribution in [2.45, 2.75) is 19.3 Å². The number of carbonyl (C=O) groups is 1. The molecule has 29 heavy (non-hydrogen) atoms. The molecule has 6 nitrogen and oxygen atoms in total. The van der Waals surface area contributed by atoms with Crippen LogP contribution in [-0.4, -0.2) is 41.1 Å². The zero-order chi connectivity index (χ0) is 20.1. The minimum atomic E-state index is 0.0614. The highest BCUT2D eigenvalue weighted by Gasteiger charge is 2.19. The van der Waals surface area contributed by atoms with Crippen LogP contribution in [0.5, 0.6) is 5.75 Å². The van der Waals surface area contributed by atoms with Gasteiger partial charge in [-0.3, -0.25) is 4.79 Å². The van der Waals surface area contributed by atoms with Crippen LogP contribution < -0.4 is 4.74 Å². The van der Waals surface area contributed by atoms with E-state index in [1.807, 2.05) is 59.5 Å². The van der Waals surface area contributed by atoms with Crippen molar-refractivity contribution < 1.29 is 14.1 Å². The summed E-state index contributed by atoms with van der Waals surface area (Å²) >= 11 is 0. The minimum absolute atomic E-state index is 0.0614. The Bertz CT molecular complexity index is 1020. The van der Waals surface area contributed by atoms with Gasteiger partial charge in [-0.15, -0.1) is 0 Å². The van der Waals surface area contributed by atoms with Crippen molar-refractivity contribution in [3.05, 3.63) is 65.5 Å². The molecule has 6 heteroatoms. The lowest BCUT2D eigenvalue weighted by Crippen LogP contribution is -2.35. The quantitative estimate of drug-likeness (QED) is 0.641. The first-order chi connectivity index (χ1) is 14.2. The van der Waals surface area contributed by atoms with Gasteiger partial charge in [0.15, 0.2) is 0 Å². The van der Waals surface area contributed by atoms with Gasteiger partial charge in [0.05, 0.1) is 7.11 Å². The molecule has 0 N–H and O–H groups in total. The van der Waals surface area contributed by atoms with E-state index in [9.17, 15) is 4.79 Å². The fourth-order valence-electron chi connectivity index (χ4n) is 3.46. The van der Waals surface area contributed by atoms with Gasteiger partial charge < -0.3 is 14.2 Å². The minimum Gasteiger partial charge on any atom is -0.496 e. The van der Waals surface area contributed by atoms with Crippen LogP contribution in [0.25, 0.3) is 23.5 Å². The predicted molar refractivity (Wildman–Crippen MR) is 111 cm³/mol. The van der Waals surface area contributed by atoms with Crippen LogP contribution in [0.2, 0.25) is 0 Å². The van der Waals surface area contributed by atoms with Gasteiger partial charge in [0, 0.05) is 35.9 Å². The third-order valence-corrected chi connectivity index (χ3v) is 5.00. The van der Waals surface area contributed by atoms with E-state index in [0.29, 0.717) is 17.3 Å². The summed E-state index contributed by atoms with van der Waals surface area (Å²) in [5.41, 5.74) is 2.33. The highest BCUT2D eigenvalue weighted by molar-refractivity contribution is 5.95. The summed E-state index contributed by atoms with van der Waals surface area (Å²) in [5, 5.41) is 4.06. The van der Waals surface area contributed by atoms with E-state index in [1.54, 1.807) is 13.2 Å². The van der Waals surface area contributed by atoms with E-state index in [4.69, 9.17) is 9.26 Å². The van der Waals surface area contributed by atoms with E-state index in [1.165, 1.54) is 6.42 Å². The molecule has 1 saturated heterocycles. The van der Waals surface area contributed by atoms with Crippen molar-refractivity contribution in [3.63, 3.8) is 0 Å². The Balaban J connectivity index is 1.52. The van der Waals surface area contributed by atoms with Crippen molar-refractivity contribution in [1.29, 1.82) is 0 Å². The first-order valence-corrected chi connectivity index (χ1v) is 9.79. The van der Waals surface area contributed by atoms with Crippen LogP contribution in [0, 0.1) is 0 Å². The standard InChI is InChI=1S/C23H23N3O3/c1-28-20-11-4-3-8-17(20)12-13-21-24-22(25-29-21)18-9-7-10-19(16-18)23(27)26-14-5-2-6-15-26/h3-4,7-13,16H,2,5-6,14-15H2,1H3/b13-12+. The van der Waals surface area contributed by atoms with Crippen LogP contribution in [0.3, 0.4) is 0 Å². The normalized spacial score (nSPS) is 14.3. The van der Waals surface area contributed by atoms with Gasteiger partial charge >= 0.3 is 0 Å². The molecule has 1 aromatic heterocycles. The summed E-state index contributed by atoms with van der Waals surface area (Å²) in [4.78, 5) is 19.1. The Morgan fingerprint density at radius 3 is 2.72 bits per heavy atom. The SMILES string of the molecule is COc1ccccc1/C=C/c1nc(-c2cccc(C(=O)N3CCCCC3)c2)no1. The molecule has 1 aliphatic rings. The zero-order valence-corrected chi connectivity index (χ0v) is 16.4. The lowest BCUT2D eigenvalue weighted by molar-refractivity contribution is 0.0724. The number of benzene rings is 2. The second-order valence-corrected chi connectivity index (χ2v) is 6.97. The van der Waals surface area contributed by atoms with E-state index in [-0.39, 0.29) is 5.91 Å². The molecule has 0 saturated carbocycles. The van der Waals surface area contributed by atoms with Gasteiger partial charge in [-0.05, 0) is 43.5 Å². The summed E-state index contributed by atoms with van der Waals surface area (Å²) < 4.78 is 10.7. The number of rotatable bonds is 5. The average molecular weight is 389 g/mol. The van der Waals surface area contributed by atoms with Gasteiger partial charge in [-0.1, -0.05) is 35.5 Å². The van der Waals surface area contributed by atoms with Crippen LogP contribution in [-0.2, 0) is 0 Å². The smallest absolute Gasteiger partial charge is 0.253 e. The monoisotopic (exact) mass is 389 g/mol. The zero-order valence-electron chi connectivity index (χ0n) is 16.4. The van der Waals surface area contributed by atoms with E-state index >= 15 is 0 Å². The Morgan fingerprint density at radius 2 is 1.90 bits per heavy atom. The fourth-order valence-corrected chi connectivity index (χ4v) is 3.46. The third kappa shape index (κ3) is 4.37. The van der Waals surface area contributed by atoms with Gasteiger partial charge in [0.2, 0.25) is 5.82 Å². The van der Waals surface area contributed by atoms with Crippen molar-refractivity contribution in [2.24, 2.45) is 0 Å². The number of nitrogens with zero attached hydrogens (tertiary/aromatic N) is 3. The molecule has 1 amide bonds. The molecule has 1 aliphatic heterocycles. The average Bonchev–Trinajstić information content (AvgIpc) is 3.27. The number of piperidine rings is 1. The Labute approximate surface area is 169 Å². The van der Waals surface area contributed by atoms with Crippen LogP contribution in [0.15, 0.2) is 53.1 Å². The molecular weight excluding hydrogens is 366 g/mol. The highest BCUT2D eigenvalue weighted by atomic mass is 16.5. The molecule has 1 fully saturated rings. The maximum atomic E-state index is 12.7. The van der Waals surface area contributed by atoms with E-state index < -0.39 is 0 Å². The van der Waals surface area contributed by atoms with Crippen molar-refractivity contribution >= 4 is 18.1 Å². The summed E-state index contributed by atoms with van der Waals surface area (Å²) in [6, 6.07) is 15.1. The lowest BCUT2D eigenvalue weighted by Gasteiger charge is -2.26. The van der Waals surface area contributed by atoms with Crippen LogP contribution in [0.1, 0.15) is 41.1 Å². The largest absolute Gasteiger partial charge is 0.496 e. The van der Waals surface area contributed by atoms with Crippen molar-refractivity contribution in [2.75, 3.05) is 20.2 Å². The van der Waals surface area contributed by atoms with Crippen molar-refractivity contribution in [3.8, 4) is 17.1 Å². The molecule has 4 rings (SSSR count). The number of methoxy groups -OCH3 is 1. The second kappa shape index (κ2) is 8.73. The van der Waals surface area contributed by atoms with Gasteiger partial charge in [0.1, 0.15) is 5.75 Å². The number of ether oxygens (including phenoxy) is 1. The molecule has 0 aliphatic carbocycles. The van der Waals surface area contributed by atoms with E-state index in [2.05, 4.69) is 10.1 Å². The molecule has 148 valence electrons. The molecular formula is C23H23N3O3. The number of carbonyl (C=O) groups excluding carboxylic acids is 1. The Hall–Kier alpha value is -3.41. The Kier molecular flexibility index (Phi) is 5.70. The number of hydrogen-bond acceptors (Lipinski definition) is 5. The predicted octanol–water partition coefficient (Wildman–Crippen LogP) is 4.54. The van der Waals surface area contributed by atoms with Gasteiger partial charge in [-0.25, -0.2) is 0 Å². The number of para-hydroxylation sites is 1.